The molecule has 2 aromatic rings. The number of carbonyl (C=O) groups is 2. The number of para-hydroxylation sites is 1. The zero-order chi connectivity index (χ0) is 16.8. The molecule has 0 fully saturated rings. The SMILES string of the molecule is C=C(Cc1ccc(COC(=O)c2ccccc2O)cc1)C(=O)Cl. The van der Waals surface area contributed by atoms with E-state index >= 15 is 0 Å². The highest BCUT2D eigenvalue weighted by Crippen LogP contribution is 2.17. The second kappa shape index (κ2) is 7.61. The van der Waals surface area contributed by atoms with Gasteiger partial charge in [0.1, 0.15) is 17.9 Å². The Hall–Kier alpha value is -2.59. The second-order valence-electron chi connectivity index (χ2n) is 4.96. The maximum absolute atomic E-state index is 11.9. The molecule has 4 nitrogen and oxygen atoms in total. The Morgan fingerprint density at radius 2 is 1.65 bits per heavy atom. The highest BCUT2D eigenvalue weighted by molar-refractivity contribution is 6.67. The van der Waals surface area contributed by atoms with Crippen LogP contribution in [0.2, 0.25) is 0 Å². The van der Waals surface area contributed by atoms with E-state index < -0.39 is 11.2 Å². The molecule has 2 aromatic carbocycles. The molecule has 23 heavy (non-hydrogen) atoms. The van der Waals surface area contributed by atoms with Crippen molar-refractivity contribution in [3.05, 3.63) is 77.4 Å². The molecule has 0 aliphatic heterocycles. The number of ether oxygens (including phenoxy) is 1. The van der Waals surface area contributed by atoms with Crippen molar-refractivity contribution in [2.24, 2.45) is 0 Å². The third kappa shape index (κ3) is 4.69. The summed E-state index contributed by atoms with van der Waals surface area (Å²) in [5, 5.41) is 9.05. The van der Waals surface area contributed by atoms with Crippen molar-refractivity contribution in [2.75, 3.05) is 0 Å². The van der Waals surface area contributed by atoms with Gasteiger partial charge >= 0.3 is 5.97 Å². The Bertz CT molecular complexity index is 735. The molecule has 0 aliphatic rings. The monoisotopic (exact) mass is 330 g/mol. The first-order chi connectivity index (χ1) is 11.0. The van der Waals surface area contributed by atoms with E-state index in [9.17, 15) is 14.7 Å². The Morgan fingerprint density at radius 3 is 2.26 bits per heavy atom. The number of phenolic OH excluding ortho intramolecular Hbond substituents is 1. The van der Waals surface area contributed by atoms with Gasteiger partial charge in [-0.25, -0.2) is 4.79 Å². The minimum absolute atomic E-state index is 0.0861. The number of allylic oxidation sites excluding steroid dienone is 1. The number of carbonyl (C=O) groups excluding carboxylic acids is 2. The lowest BCUT2D eigenvalue weighted by Crippen LogP contribution is -2.05. The van der Waals surface area contributed by atoms with Crippen molar-refractivity contribution in [1.82, 2.24) is 0 Å². The van der Waals surface area contributed by atoms with E-state index in [0.29, 0.717) is 12.0 Å². The Kier molecular flexibility index (Phi) is 5.55. The molecule has 5 heteroatoms. The quantitative estimate of drug-likeness (QED) is 0.499. The maximum Gasteiger partial charge on any atom is 0.342 e. The molecule has 0 atom stereocenters. The van der Waals surface area contributed by atoms with Crippen LogP contribution in [0.1, 0.15) is 21.5 Å². The standard InChI is InChI=1S/C18H15ClO4/c1-12(17(19)21)10-13-6-8-14(9-7-13)11-23-18(22)15-4-2-3-5-16(15)20/h2-9,20H,1,10-11H2. The number of benzene rings is 2. The van der Waals surface area contributed by atoms with Crippen molar-refractivity contribution in [2.45, 2.75) is 13.0 Å². The molecule has 0 unspecified atom stereocenters. The fourth-order valence-electron chi connectivity index (χ4n) is 1.94. The van der Waals surface area contributed by atoms with Crippen LogP contribution >= 0.6 is 11.6 Å². The van der Waals surface area contributed by atoms with E-state index in [1.54, 1.807) is 24.3 Å². The zero-order valence-corrected chi connectivity index (χ0v) is 13.0. The Labute approximate surface area is 139 Å². The molecular weight excluding hydrogens is 316 g/mol. The fourth-order valence-corrected chi connectivity index (χ4v) is 2.01. The summed E-state index contributed by atoms with van der Waals surface area (Å²) in [6.07, 6.45) is 0.375. The van der Waals surface area contributed by atoms with Crippen LogP contribution in [0.5, 0.6) is 5.75 Å². The molecule has 0 bridgehead atoms. The van der Waals surface area contributed by atoms with Crippen LogP contribution in [-0.2, 0) is 22.6 Å². The number of esters is 1. The summed E-state index contributed by atoms with van der Waals surface area (Å²) in [5.41, 5.74) is 2.13. The van der Waals surface area contributed by atoms with Crippen molar-refractivity contribution in [3.63, 3.8) is 0 Å². The number of hydrogen-bond acceptors (Lipinski definition) is 4. The molecule has 0 radical (unpaired) electrons. The molecule has 0 spiro atoms. The minimum atomic E-state index is -0.590. The van der Waals surface area contributed by atoms with Crippen LogP contribution < -0.4 is 0 Å². The number of aromatic hydroxyl groups is 1. The van der Waals surface area contributed by atoms with Crippen LogP contribution in [0.3, 0.4) is 0 Å². The van der Waals surface area contributed by atoms with Crippen molar-refractivity contribution >= 4 is 22.8 Å². The average Bonchev–Trinajstić information content (AvgIpc) is 2.54. The maximum atomic E-state index is 11.9. The van der Waals surface area contributed by atoms with Crippen LogP contribution in [0.15, 0.2) is 60.7 Å². The molecule has 0 amide bonds. The number of hydrogen-bond donors (Lipinski definition) is 1. The van der Waals surface area contributed by atoms with Gasteiger partial charge in [-0.05, 0) is 34.9 Å². The van der Waals surface area contributed by atoms with E-state index in [1.165, 1.54) is 12.1 Å². The lowest BCUT2D eigenvalue weighted by Gasteiger charge is -2.07. The highest BCUT2D eigenvalue weighted by atomic mass is 35.5. The average molecular weight is 331 g/mol. The molecule has 118 valence electrons. The van der Waals surface area contributed by atoms with Crippen molar-refractivity contribution in [1.29, 1.82) is 0 Å². The van der Waals surface area contributed by atoms with Crippen molar-refractivity contribution < 1.29 is 19.4 Å². The molecule has 1 N–H and O–H groups in total. The van der Waals surface area contributed by atoms with Gasteiger partial charge in [-0.2, -0.15) is 0 Å². The Morgan fingerprint density at radius 1 is 1.04 bits per heavy atom. The zero-order valence-electron chi connectivity index (χ0n) is 12.3. The number of halogens is 1. The number of phenols is 1. The highest BCUT2D eigenvalue weighted by Gasteiger charge is 2.11. The smallest absolute Gasteiger partial charge is 0.342 e. The summed E-state index contributed by atoms with van der Waals surface area (Å²) >= 11 is 5.35. The molecular formula is C18H15ClO4. The molecule has 0 aliphatic carbocycles. The fraction of sp³-hybridized carbons (Fsp3) is 0.111. The largest absolute Gasteiger partial charge is 0.507 e. The van der Waals surface area contributed by atoms with Gasteiger partial charge < -0.3 is 9.84 Å². The van der Waals surface area contributed by atoms with E-state index in [4.69, 9.17) is 16.3 Å². The lowest BCUT2D eigenvalue weighted by atomic mass is 10.1. The molecule has 0 aromatic heterocycles. The van der Waals surface area contributed by atoms with E-state index in [-0.39, 0.29) is 17.9 Å². The lowest BCUT2D eigenvalue weighted by molar-refractivity contribution is -0.108. The van der Waals surface area contributed by atoms with E-state index in [2.05, 4.69) is 6.58 Å². The molecule has 0 saturated carbocycles. The summed E-state index contributed by atoms with van der Waals surface area (Å²) in [6.45, 7) is 3.68. The van der Waals surface area contributed by atoms with Crippen LogP contribution in [0.25, 0.3) is 0 Å². The van der Waals surface area contributed by atoms with Gasteiger partial charge in [-0.1, -0.05) is 43.0 Å². The Balaban J connectivity index is 1.94. The summed E-state index contributed by atoms with van der Waals surface area (Å²) in [4.78, 5) is 22.8. The third-order valence-corrected chi connectivity index (χ3v) is 3.48. The normalized spacial score (nSPS) is 10.1. The topological polar surface area (TPSA) is 63.6 Å². The molecule has 0 heterocycles. The number of rotatable bonds is 6. The third-order valence-electron chi connectivity index (χ3n) is 3.21. The van der Waals surface area contributed by atoms with Crippen LogP contribution in [0, 0.1) is 0 Å². The predicted molar refractivity (Wildman–Crippen MR) is 87.4 cm³/mol. The second-order valence-corrected chi connectivity index (χ2v) is 5.31. The van der Waals surface area contributed by atoms with Gasteiger partial charge in [-0.3, -0.25) is 4.79 Å². The minimum Gasteiger partial charge on any atom is -0.507 e. The van der Waals surface area contributed by atoms with Gasteiger partial charge in [0.05, 0.1) is 0 Å². The summed E-state index contributed by atoms with van der Waals surface area (Å²) < 4.78 is 5.16. The van der Waals surface area contributed by atoms with Gasteiger partial charge in [0.15, 0.2) is 0 Å². The van der Waals surface area contributed by atoms with Gasteiger partial charge in [0.2, 0.25) is 5.24 Å². The summed E-state index contributed by atoms with van der Waals surface area (Å²) in [7, 11) is 0. The van der Waals surface area contributed by atoms with E-state index in [0.717, 1.165) is 11.1 Å². The van der Waals surface area contributed by atoms with E-state index in [1.807, 2.05) is 12.1 Å². The summed E-state index contributed by atoms with van der Waals surface area (Å²) in [5.74, 6) is -0.703. The van der Waals surface area contributed by atoms with Gasteiger partial charge in [0, 0.05) is 12.0 Å². The first-order valence-corrected chi connectivity index (χ1v) is 7.25. The molecule has 0 saturated heterocycles. The summed E-state index contributed by atoms with van der Waals surface area (Å²) in [6, 6.07) is 13.4. The first kappa shape index (κ1) is 16.8. The first-order valence-electron chi connectivity index (χ1n) is 6.88. The predicted octanol–water partition coefficient (Wildman–Crippen LogP) is 3.61. The van der Waals surface area contributed by atoms with Crippen molar-refractivity contribution in [3.8, 4) is 5.75 Å². The molecule has 2 rings (SSSR count). The van der Waals surface area contributed by atoms with Crippen LogP contribution in [0.4, 0.5) is 0 Å². The van der Waals surface area contributed by atoms with Gasteiger partial charge in [0.25, 0.3) is 0 Å². The van der Waals surface area contributed by atoms with Gasteiger partial charge in [-0.15, -0.1) is 0 Å². The van der Waals surface area contributed by atoms with Crippen LogP contribution in [-0.4, -0.2) is 16.3 Å².